The molecule has 2 N–H and O–H groups in total. The highest BCUT2D eigenvalue weighted by Crippen LogP contribution is 2.27. The first-order valence-corrected chi connectivity index (χ1v) is 7.75. The summed E-state index contributed by atoms with van der Waals surface area (Å²) in [5.41, 5.74) is 0.861. The monoisotopic (exact) mass is 280 g/mol. The lowest BCUT2D eigenvalue weighted by molar-refractivity contribution is -0.117. The maximum atomic E-state index is 12.1. The molecular formula is C14H20N2O2S. The standard InChI is InChI=1S/C14H20N2O2S/c1-19-13-5-3-2-4-12(13)15-14(18)10-16(8-9-17)11-6-7-11/h2-5,11,17H,6-10H2,1H3,(H,15,18). The van der Waals surface area contributed by atoms with Crippen LogP contribution in [0.3, 0.4) is 0 Å². The topological polar surface area (TPSA) is 52.6 Å². The highest BCUT2D eigenvalue weighted by atomic mass is 32.2. The van der Waals surface area contributed by atoms with Crippen molar-refractivity contribution in [2.75, 3.05) is 31.3 Å². The van der Waals surface area contributed by atoms with Crippen LogP contribution in [0.4, 0.5) is 5.69 Å². The van der Waals surface area contributed by atoms with Gasteiger partial charge in [-0.05, 0) is 31.2 Å². The molecule has 104 valence electrons. The number of aliphatic hydroxyl groups is 1. The van der Waals surface area contributed by atoms with Crippen LogP contribution in [-0.2, 0) is 4.79 Å². The molecule has 1 fully saturated rings. The van der Waals surface area contributed by atoms with Crippen molar-refractivity contribution < 1.29 is 9.90 Å². The van der Waals surface area contributed by atoms with Gasteiger partial charge in [-0.2, -0.15) is 0 Å². The number of para-hydroxylation sites is 1. The first kappa shape index (κ1) is 14.4. The third-order valence-electron chi connectivity index (χ3n) is 3.18. The van der Waals surface area contributed by atoms with Crippen molar-refractivity contribution in [1.82, 2.24) is 4.90 Å². The van der Waals surface area contributed by atoms with Gasteiger partial charge in [0.1, 0.15) is 0 Å². The van der Waals surface area contributed by atoms with Gasteiger partial charge in [-0.3, -0.25) is 9.69 Å². The Morgan fingerprint density at radius 1 is 1.47 bits per heavy atom. The average Bonchev–Trinajstić information content (AvgIpc) is 3.23. The molecule has 0 radical (unpaired) electrons. The maximum Gasteiger partial charge on any atom is 0.238 e. The second-order valence-corrected chi connectivity index (χ2v) is 5.52. The Hall–Kier alpha value is -1.04. The van der Waals surface area contributed by atoms with Crippen molar-refractivity contribution >= 4 is 23.4 Å². The molecule has 0 unspecified atom stereocenters. The summed E-state index contributed by atoms with van der Waals surface area (Å²) < 4.78 is 0. The molecule has 2 rings (SSSR count). The van der Waals surface area contributed by atoms with Crippen molar-refractivity contribution in [2.24, 2.45) is 0 Å². The number of amides is 1. The molecule has 0 aromatic heterocycles. The predicted molar refractivity (Wildman–Crippen MR) is 78.5 cm³/mol. The number of thioether (sulfide) groups is 1. The summed E-state index contributed by atoms with van der Waals surface area (Å²) >= 11 is 1.62. The lowest BCUT2D eigenvalue weighted by Crippen LogP contribution is -2.36. The largest absolute Gasteiger partial charge is 0.395 e. The zero-order valence-corrected chi connectivity index (χ0v) is 11.9. The number of nitrogens with zero attached hydrogens (tertiary/aromatic N) is 1. The van der Waals surface area contributed by atoms with Gasteiger partial charge in [-0.15, -0.1) is 11.8 Å². The third-order valence-corrected chi connectivity index (χ3v) is 3.97. The smallest absolute Gasteiger partial charge is 0.238 e. The molecule has 1 saturated carbocycles. The van der Waals surface area contributed by atoms with Gasteiger partial charge in [0.25, 0.3) is 0 Å². The highest BCUT2D eigenvalue weighted by Gasteiger charge is 2.29. The van der Waals surface area contributed by atoms with Gasteiger partial charge in [0.2, 0.25) is 5.91 Å². The Balaban J connectivity index is 1.92. The molecule has 0 heterocycles. The SMILES string of the molecule is CSc1ccccc1NC(=O)CN(CCO)C1CC1. The van der Waals surface area contributed by atoms with Crippen LogP contribution < -0.4 is 5.32 Å². The quantitative estimate of drug-likeness (QED) is 0.748. The Morgan fingerprint density at radius 2 is 2.21 bits per heavy atom. The summed E-state index contributed by atoms with van der Waals surface area (Å²) in [5.74, 6) is -0.0122. The van der Waals surface area contributed by atoms with Crippen LogP contribution in [0.25, 0.3) is 0 Å². The molecule has 19 heavy (non-hydrogen) atoms. The second-order valence-electron chi connectivity index (χ2n) is 4.67. The van der Waals surface area contributed by atoms with E-state index in [1.165, 1.54) is 0 Å². The van der Waals surface area contributed by atoms with Crippen LogP contribution in [-0.4, -0.2) is 47.9 Å². The highest BCUT2D eigenvalue weighted by molar-refractivity contribution is 7.98. The van der Waals surface area contributed by atoms with E-state index in [1.54, 1.807) is 11.8 Å². The average molecular weight is 280 g/mol. The molecule has 0 bridgehead atoms. The van der Waals surface area contributed by atoms with Crippen molar-refractivity contribution in [1.29, 1.82) is 0 Å². The van der Waals surface area contributed by atoms with E-state index in [2.05, 4.69) is 10.2 Å². The van der Waals surface area contributed by atoms with Gasteiger partial charge < -0.3 is 10.4 Å². The lowest BCUT2D eigenvalue weighted by atomic mass is 10.3. The fraction of sp³-hybridized carbons (Fsp3) is 0.500. The maximum absolute atomic E-state index is 12.1. The van der Waals surface area contributed by atoms with Crippen molar-refractivity contribution in [3.8, 4) is 0 Å². The molecular weight excluding hydrogens is 260 g/mol. The van der Waals surface area contributed by atoms with E-state index >= 15 is 0 Å². The summed E-state index contributed by atoms with van der Waals surface area (Å²) in [6.07, 6.45) is 4.26. The van der Waals surface area contributed by atoms with Crippen molar-refractivity contribution in [3.63, 3.8) is 0 Å². The number of nitrogens with one attached hydrogen (secondary N) is 1. The number of hydrogen-bond donors (Lipinski definition) is 2. The summed E-state index contributed by atoms with van der Waals surface area (Å²) in [4.78, 5) is 15.2. The Labute approximate surface area is 118 Å². The number of carbonyl (C=O) groups excluding carboxylic acids is 1. The van der Waals surface area contributed by atoms with Gasteiger partial charge in [-0.1, -0.05) is 12.1 Å². The van der Waals surface area contributed by atoms with E-state index in [0.717, 1.165) is 23.4 Å². The number of rotatable bonds is 7. The molecule has 1 amide bonds. The Kier molecular flexibility index (Phi) is 5.24. The van der Waals surface area contributed by atoms with Crippen molar-refractivity contribution in [3.05, 3.63) is 24.3 Å². The van der Waals surface area contributed by atoms with E-state index in [1.807, 2.05) is 30.5 Å². The molecule has 0 atom stereocenters. The van der Waals surface area contributed by atoms with E-state index in [4.69, 9.17) is 5.11 Å². The van der Waals surface area contributed by atoms with Crippen LogP contribution in [0.1, 0.15) is 12.8 Å². The summed E-state index contributed by atoms with van der Waals surface area (Å²) in [5, 5.41) is 12.0. The fourth-order valence-electron chi connectivity index (χ4n) is 2.08. The summed E-state index contributed by atoms with van der Waals surface area (Å²) in [6, 6.07) is 8.27. The van der Waals surface area contributed by atoms with Crippen LogP contribution in [0.5, 0.6) is 0 Å². The molecule has 1 aromatic rings. The minimum absolute atomic E-state index is 0.0122. The van der Waals surface area contributed by atoms with Crippen LogP contribution in [0.15, 0.2) is 29.2 Å². The molecule has 1 aliphatic carbocycles. The minimum atomic E-state index is -0.0122. The van der Waals surface area contributed by atoms with Gasteiger partial charge in [0, 0.05) is 17.5 Å². The molecule has 5 heteroatoms. The van der Waals surface area contributed by atoms with E-state index in [9.17, 15) is 4.79 Å². The molecule has 0 aliphatic heterocycles. The van der Waals surface area contributed by atoms with Crippen LogP contribution in [0, 0.1) is 0 Å². The summed E-state index contributed by atoms with van der Waals surface area (Å²) in [7, 11) is 0. The Morgan fingerprint density at radius 3 is 2.84 bits per heavy atom. The van der Waals surface area contributed by atoms with E-state index < -0.39 is 0 Å². The normalized spacial score (nSPS) is 14.7. The minimum Gasteiger partial charge on any atom is -0.395 e. The zero-order valence-electron chi connectivity index (χ0n) is 11.1. The van der Waals surface area contributed by atoms with Gasteiger partial charge in [0.15, 0.2) is 0 Å². The number of aliphatic hydroxyl groups excluding tert-OH is 1. The molecule has 1 aromatic carbocycles. The second kappa shape index (κ2) is 6.93. The van der Waals surface area contributed by atoms with Gasteiger partial charge in [-0.25, -0.2) is 0 Å². The predicted octanol–water partition coefficient (Wildman–Crippen LogP) is 1.80. The molecule has 0 saturated heterocycles. The molecule has 4 nitrogen and oxygen atoms in total. The van der Waals surface area contributed by atoms with Gasteiger partial charge >= 0.3 is 0 Å². The zero-order chi connectivity index (χ0) is 13.7. The molecule has 1 aliphatic rings. The number of hydrogen-bond acceptors (Lipinski definition) is 4. The van der Waals surface area contributed by atoms with Crippen molar-refractivity contribution in [2.45, 2.75) is 23.8 Å². The number of benzene rings is 1. The fourth-order valence-corrected chi connectivity index (χ4v) is 2.63. The molecule has 0 spiro atoms. The van der Waals surface area contributed by atoms with E-state index in [0.29, 0.717) is 19.1 Å². The Bertz CT molecular complexity index is 435. The summed E-state index contributed by atoms with van der Waals surface area (Å²) in [6.45, 7) is 1.03. The lowest BCUT2D eigenvalue weighted by Gasteiger charge is -2.20. The van der Waals surface area contributed by atoms with Crippen LogP contribution in [0.2, 0.25) is 0 Å². The first-order chi connectivity index (χ1) is 9.24. The third kappa shape index (κ3) is 4.23. The first-order valence-electron chi connectivity index (χ1n) is 6.52. The number of anilines is 1. The number of carbonyl (C=O) groups is 1. The van der Waals surface area contributed by atoms with Crippen LogP contribution >= 0.6 is 11.8 Å². The van der Waals surface area contributed by atoms with Gasteiger partial charge in [0.05, 0.1) is 18.8 Å². The van der Waals surface area contributed by atoms with E-state index in [-0.39, 0.29) is 12.5 Å².